The number of halogens is 2. The average molecular weight is 340 g/mol. The highest BCUT2D eigenvalue weighted by atomic mass is 79.9. The van der Waals surface area contributed by atoms with Gasteiger partial charge in [0.2, 0.25) is 5.91 Å². The lowest BCUT2D eigenvalue weighted by Gasteiger charge is -2.05. The van der Waals surface area contributed by atoms with Crippen molar-refractivity contribution in [3.05, 3.63) is 56.5 Å². The second-order valence-corrected chi connectivity index (χ2v) is 6.42. The normalized spacial score (nSPS) is 10.9. The molecule has 0 atom stereocenters. The number of amides is 1. The van der Waals surface area contributed by atoms with Crippen LogP contribution >= 0.6 is 27.3 Å². The Morgan fingerprint density at radius 3 is 2.84 bits per heavy atom. The summed E-state index contributed by atoms with van der Waals surface area (Å²) >= 11 is 4.88. The van der Waals surface area contributed by atoms with Crippen molar-refractivity contribution in [1.29, 1.82) is 0 Å². The van der Waals surface area contributed by atoms with E-state index < -0.39 is 0 Å². The fourth-order valence-corrected chi connectivity index (χ4v) is 2.81. The van der Waals surface area contributed by atoms with E-state index in [1.165, 1.54) is 29.5 Å². The number of nitrogens with one attached hydrogen (secondary N) is 1. The highest BCUT2D eigenvalue weighted by molar-refractivity contribution is 9.11. The zero-order chi connectivity index (χ0) is 13.8. The molecule has 0 saturated carbocycles. The van der Waals surface area contributed by atoms with Crippen LogP contribution < -0.4 is 5.32 Å². The standard InChI is InChI=1S/C14H11BrFNOS/c1-9-2-3-10(16)8-12(9)17-14(18)7-5-11-4-6-13(15)19-11/h2-8H,1H3,(H,17,18). The smallest absolute Gasteiger partial charge is 0.248 e. The maximum Gasteiger partial charge on any atom is 0.248 e. The van der Waals surface area contributed by atoms with Gasteiger partial charge in [0.15, 0.2) is 0 Å². The molecule has 19 heavy (non-hydrogen) atoms. The number of carbonyl (C=O) groups excluding carboxylic acids is 1. The van der Waals surface area contributed by atoms with Crippen LogP contribution in [-0.4, -0.2) is 5.91 Å². The fraction of sp³-hybridized carbons (Fsp3) is 0.0714. The van der Waals surface area contributed by atoms with Crippen LogP contribution in [0.5, 0.6) is 0 Å². The predicted molar refractivity (Wildman–Crippen MR) is 80.8 cm³/mol. The van der Waals surface area contributed by atoms with Gasteiger partial charge in [-0.05, 0) is 58.8 Å². The molecule has 2 nitrogen and oxygen atoms in total. The number of anilines is 1. The zero-order valence-electron chi connectivity index (χ0n) is 10.1. The van der Waals surface area contributed by atoms with Crippen molar-refractivity contribution < 1.29 is 9.18 Å². The maximum absolute atomic E-state index is 13.1. The van der Waals surface area contributed by atoms with Gasteiger partial charge in [-0.2, -0.15) is 0 Å². The van der Waals surface area contributed by atoms with Gasteiger partial charge in [-0.15, -0.1) is 11.3 Å². The molecule has 98 valence electrons. The summed E-state index contributed by atoms with van der Waals surface area (Å²) in [5.74, 6) is -0.648. The van der Waals surface area contributed by atoms with E-state index in [1.54, 1.807) is 12.1 Å². The van der Waals surface area contributed by atoms with E-state index >= 15 is 0 Å². The highest BCUT2D eigenvalue weighted by Crippen LogP contribution is 2.23. The number of hydrogen-bond donors (Lipinski definition) is 1. The molecule has 0 bridgehead atoms. The highest BCUT2D eigenvalue weighted by Gasteiger charge is 2.03. The summed E-state index contributed by atoms with van der Waals surface area (Å²) in [5.41, 5.74) is 1.31. The third-order valence-electron chi connectivity index (χ3n) is 2.45. The molecule has 0 spiro atoms. The van der Waals surface area contributed by atoms with Crippen LogP contribution in [0.3, 0.4) is 0 Å². The summed E-state index contributed by atoms with van der Waals surface area (Å²) in [7, 11) is 0. The van der Waals surface area contributed by atoms with Crippen LogP contribution in [0.15, 0.2) is 40.2 Å². The molecule has 1 aromatic heterocycles. The molecule has 1 N–H and O–H groups in total. The van der Waals surface area contributed by atoms with Crippen LogP contribution in [0.25, 0.3) is 6.08 Å². The first kappa shape index (κ1) is 14.0. The Kier molecular flexibility index (Phi) is 4.50. The van der Waals surface area contributed by atoms with E-state index in [2.05, 4.69) is 21.2 Å². The first-order valence-corrected chi connectivity index (χ1v) is 7.16. The van der Waals surface area contributed by atoms with Crippen molar-refractivity contribution in [2.24, 2.45) is 0 Å². The first-order valence-electron chi connectivity index (χ1n) is 5.55. The number of aryl methyl sites for hydroxylation is 1. The zero-order valence-corrected chi connectivity index (χ0v) is 12.5. The first-order chi connectivity index (χ1) is 9.04. The lowest BCUT2D eigenvalue weighted by Crippen LogP contribution is -2.09. The predicted octanol–water partition coefficient (Wildman–Crippen LogP) is 4.61. The molecule has 0 aliphatic rings. The molecule has 2 rings (SSSR count). The second kappa shape index (κ2) is 6.12. The molecule has 1 heterocycles. The summed E-state index contributed by atoms with van der Waals surface area (Å²) in [4.78, 5) is 12.7. The van der Waals surface area contributed by atoms with Crippen LogP contribution in [-0.2, 0) is 4.79 Å². The fourth-order valence-electron chi connectivity index (χ4n) is 1.48. The van der Waals surface area contributed by atoms with Crippen molar-refractivity contribution in [3.63, 3.8) is 0 Å². The Balaban J connectivity index is 2.05. The van der Waals surface area contributed by atoms with E-state index in [4.69, 9.17) is 0 Å². The van der Waals surface area contributed by atoms with Crippen LogP contribution in [0.4, 0.5) is 10.1 Å². The summed E-state index contributed by atoms with van der Waals surface area (Å²) in [6.07, 6.45) is 3.15. The molecular weight excluding hydrogens is 329 g/mol. The van der Waals surface area contributed by atoms with Gasteiger partial charge >= 0.3 is 0 Å². The third-order valence-corrected chi connectivity index (χ3v) is 4.04. The molecule has 5 heteroatoms. The Bertz CT molecular complexity index is 636. The van der Waals surface area contributed by atoms with Crippen molar-refractivity contribution in [3.8, 4) is 0 Å². The number of carbonyl (C=O) groups is 1. The van der Waals surface area contributed by atoms with E-state index in [1.807, 2.05) is 19.1 Å². The van der Waals surface area contributed by atoms with Gasteiger partial charge in [0.05, 0.1) is 3.79 Å². The Morgan fingerprint density at radius 2 is 2.16 bits per heavy atom. The third kappa shape index (κ3) is 4.01. The Labute approximate surface area is 123 Å². The molecule has 0 aliphatic heterocycles. The number of benzene rings is 1. The molecule has 1 aromatic carbocycles. The quantitative estimate of drug-likeness (QED) is 0.813. The minimum Gasteiger partial charge on any atom is -0.322 e. The van der Waals surface area contributed by atoms with Crippen molar-refractivity contribution in [2.45, 2.75) is 6.92 Å². The monoisotopic (exact) mass is 339 g/mol. The van der Waals surface area contributed by atoms with Crippen molar-refractivity contribution >= 4 is 44.9 Å². The molecular formula is C14H11BrFNOS. The number of thiophene rings is 1. The van der Waals surface area contributed by atoms with Crippen LogP contribution in [0.2, 0.25) is 0 Å². The molecule has 0 saturated heterocycles. The maximum atomic E-state index is 13.1. The van der Waals surface area contributed by atoms with E-state index in [0.29, 0.717) is 5.69 Å². The van der Waals surface area contributed by atoms with E-state index in [-0.39, 0.29) is 11.7 Å². The largest absolute Gasteiger partial charge is 0.322 e. The van der Waals surface area contributed by atoms with Gasteiger partial charge in [0.1, 0.15) is 5.82 Å². The molecule has 1 amide bonds. The minimum atomic E-state index is -0.368. The van der Waals surface area contributed by atoms with E-state index in [0.717, 1.165) is 14.2 Å². The van der Waals surface area contributed by atoms with Gasteiger partial charge in [0, 0.05) is 16.6 Å². The summed E-state index contributed by atoms with van der Waals surface area (Å²) in [5, 5.41) is 2.66. The van der Waals surface area contributed by atoms with Gasteiger partial charge in [0.25, 0.3) is 0 Å². The molecule has 0 aliphatic carbocycles. The summed E-state index contributed by atoms with van der Waals surface area (Å²) < 4.78 is 14.1. The van der Waals surface area contributed by atoms with Gasteiger partial charge < -0.3 is 5.32 Å². The lowest BCUT2D eigenvalue weighted by molar-refractivity contribution is -0.111. The molecule has 0 fully saturated rings. The average Bonchev–Trinajstić information content (AvgIpc) is 2.77. The Hall–Kier alpha value is -1.46. The lowest BCUT2D eigenvalue weighted by atomic mass is 10.2. The van der Waals surface area contributed by atoms with Gasteiger partial charge in [-0.25, -0.2) is 4.39 Å². The van der Waals surface area contributed by atoms with Crippen LogP contribution in [0.1, 0.15) is 10.4 Å². The number of hydrogen-bond acceptors (Lipinski definition) is 2. The Morgan fingerprint density at radius 1 is 1.37 bits per heavy atom. The second-order valence-electron chi connectivity index (χ2n) is 3.92. The molecule has 0 unspecified atom stereocenters. The number of rotatable bonds is 3. The molecule has 0 radical (unpaired) electrons. The van der Waals surface area contributed by atoms with Crippen molar-refractivity contribution in [2.75, 3.05) is 5.32 Å². The van der Waals surface area contributed by atoms with Gasteiger partial charge in [-0.3, -0.25) is 4.79 Å². The summed E-state index contributed by atoms with van der Waals surface area (Å²) in [6.45, 7) is 1.81. The van der Waals surface area contributed by atoms with Crippen molar-refractivity contribution in [1.82, 2.24) is 0 Å². The molecule has 2 aromatic rings. The summed E-state index contributed by atoms with van der Waals surface area (Å²) in [6, 6.07) is 8.13. The SMILES string of the molecule is Cc1ccc(F)cc1NC(=O)C=Cc1ccc(Br)s1. The van der Waals surface area contributed by atoms with Crippen LogP contribution in [0, 0.1) is 12.7 Å². The van der Waals surface area contributed by atoms with Gasteiger partial charge in [-0.1, -0.05) is 6.07 Å². The topological polar surface area (TPSA) is 29.1 Å². The minimum absolute atomic E-state index is 0.279. The van der Waals surface area contributed by atoms with E-state index in [9.17, 15) is 9.18 Å².